The number of hydrogen-bond donors (Lipinski definition) is 1. The number of tetrazole rings is 1. The quantitative estimate of drug-likeness (QED) is 0.178. The second-order valence-corrected chi connectivity index (χ2v) is 10.4. The average molecular weight is 575 g/mol. The van der Waals surface area contributed by atoms with E-state index in [1.807, 2.05) is 36.4 Å². The zero-order chi connectivity index (χ0) is 29.8. The molecule has 0 saturated heterocycles. The minimum atomic E-state index is -0.652. The monoisotopic (exact) mass is 574 g/mol. The molecule has 0 unspecified atom stereocenters. The summed E-state index contributed by atoms with van der Waals surface area (Å²) in [7, 11) is 3.25. The number of H-pyrrole nitrogens is 1. The van der Waals surface area contributed by atoms with Gasteiger partial charge in [-0.15, -0.1) is 10.2 Å². The number of fused-ring (bicyclic) bond motifs is 1. The van der Waals surface area contributed by atoms with Gasteiger partial charge in [-0.25, -0.2) is 9.97 Å². The molecule has 0 atom stereocenters. The number of methoxy groups -OCH3 is 2. The van der Waals surface area contributed by atoms with Crippen LogP contribution in [0.25, 0.3) is 44.9 Å². The SMILES string of the molecule is CCCCc1nc2c(C)c(-c3ccccn3)c(C(OC)OC)nc2n1Cc1ccc(-c2ccccc2-c2nn[nH]n2)cc1. The summed E-state index contributed by atoms with van der Waals surface area (Å²) in [4.78, 5) is 15.0. The van der Waals surface area contributed by atoms with Crippen LogP contribution in [0.2, 0.25) is 0 Å². The van der Waals surface area contributed by atoms with Crippen LogP contribution in [0.1, 0.15) is 48.7 Å². The van der Waals surface area contributed by atoms with Gasteiger partial charge in [0.25, 0.3) is 0 Å². The molecule has 2 aromatic carbocycles. The third-order valence-corrected chi connectivity index (χ3v) is 7.68. The van der Waals surface area contributed by atoms with E-state index in [2.05, 4.69) is 74.4 Å². The lowest BCUT2D eigenvalue weighted by molar-refractivity contribution is -0.108. The van der Waals surface area contributed by atoms with E-state index >= 15 is 0 Å². The molecule has 43 heavy (non-hydrogen) atoms. The summed E-state index contributed by atoms with van der Waals surface area (Å²) in [5.41, 5.74) is 9.24. The molecule has 0 bridgehead atoms. The molecule has 0 aliphatic carbocycles. The van der Waals surface area contributed by atoms with Crippen LogP contribution in [-0.2, 0) is 22.4 Å². The molecule has 0 aliphatic heterocycles. The first-order valence-corrected chi connectivity index (χ1v) is 14.4. The Morgan fingerprint density at radius 1 is 0.907 bits per heavy atom. The van der Waals surface area contributed by atoms with Gasteiger partial charge in [0.05, 0.1) is 12.2 Å². The Bertz CT molecular complexity index is 1810. The summed E-state index contributed by atoms with van der Waals surface area (Å²) in [5, 5.41) is 14.6. The average Bonchev–Trinajstić information content (AvgIpc) is 3.71. The van der Waals surface area contributed by atoms with Crippen LogP contribution < -0.4 is 0 Å². The largest absolute Gasteiger partial charge is 0.350 e. The number of nitrogens with one attached hydrogen (secondary N) is 1. The highest BCUT2D eigenvalue weighted by Crippen LogP contribution is 2.36. The van der Waals surface area contributed by atoms with Crippen molar-refractivity contribution in [2.45, 2.75) is 45.9 Å². The summed E-state index contributed by atoms with van der Waals surface area (Å²) >= 11 is 0. The molecule has 218 valence electrons. The first-order valence-electron chi connectivity index (χ1n) is 14.4. The summed E-state index contributed by atoms with van der Waals surface area (Å²) in [6.45, 7) is 4.90. The molecule has 0 radical (unpaired) electrons. The van der Waals surface area contributed by atoms with Crippen LogP contribution in [0.3, 0.4) is 0 Å². The molecule has 4 heterocycles. The van der Waals surface area contributed by atoms with Gasteiger partial charge >= 0.3 is 0 Å². The van der Waals surface area contributed by atoms with E-state index in [-0.39, 0.29) is 0 Å². The van der Waals surface area contributed by atoms with Crippen molar-refractivity contribution in [3.63, 3.8) is 0 Å². The topological polar surface area (TPSA) is 117 Å². The predicted octanol–water partition coefficient (Wildman–Crippen LogP) is 6.33. The molecule has 6 rings (SSSR count). The van der Waals surface area contributed by atoms with Crippen LogP contribution in [0.4, 0.5) is 0 Å². The highest BCUT2D eigenvalue weighted by atomic mass is 16.7. The maximum atomic E-state index is 5.72. The van der Waals surface area contributed by atoms with Crippen molar-refractivity contribution >= 4 is 11.2 Å². The first kappa shape index (κ1) is 28.3. The number of aromatic amines is 1. The van der Waals surface area contributed by atoms with Gasteiger partial charge in [-0.1, -0.05) is 67.9 Å². The number of benzene rings is 2. The van der Waals surface area contributed by atoms with Crippen molar-refractivity contribution in [3.8, 4) is 33.8 Å². The molecular weight excluding hydrogens is 540 g/mol. The van der Waals surface area contributed by atoms with Crippen LogP contribution in [-0.4, -0.2) is 54.4 Å². The Kier molecular flexibility index (Phi) is 8.30. The van der Waals surface area contributed by atoms with Crippen molar-refractivity contribution < 1.29 is 9.47 Å². The fraction of sp³-hybridized carbons (Fsp3) is 0.273. The summed E-state index contributed by atoms with van der Waals surface area (Å²) in [5.74, 6) is 1.58. The number of rotatable bonds is 11. The maximum Gasteiger partial charge on any atom is 0.205 e. The summed E-state index contributed by atoms with van der Waals surface area (Å²) < 4.78 is 13.7. The maximum absolute atomic E-state index is 5.72. The first-order chi connectivity index (χ1) is 21.1. The van der Waals surface area contributed by atoms with Gasteiger partial charge in [-0.3, -0.25) is 4.98 Å². The predicted molar refractivity (Wildman–Crippen MR) is 165 cm³/mol. The van der Waals surface area contributed by atoms with Gasteiger partial charge in [0.1, 0.15) is 17.0 Å². The molecule has 0 spiro atoms. The van der Waals surface area contributed by atoms with Crippen molar-refractivity contribution in [1.29, 1.82) is 0 Å². The van der Waals surface area contributed by atoms with E-state index in [0.717, 1.165) is 75.3 Å². The molecule has 4 aromatic heterocycles. The van der Waals surface area contributed by atoms with Gasteiger partial charge in [-0.05, 0) is 52.9 Å². The minimum Gasteiger partial charge on any atom is -0.350 e. The summed E-state index contributed by atoms with van der Waals surface area (Å²) in [6, 6.07) is 22.5. The zero-order valence-electron chi connectivity index (χ0n) is 24.8. The van der Waals surface area contributed by atoms with Crippen molar-refractivity contribution in [3.05, 3.63) is 95.6 Å². The Morgan fingerprint density at radius 3 is 2.35 bits per heavy atom. The second-order valence-electron chi connectivity index (χ2n) is 10.4. The number of pyridine rings is 2. The second kappa shape index (κ2) is 12.6. The van der Waals surface area contributed by atoms with Crippen LogP contribution >= 0.6 is 0 Å². The number of nitrogens with zero attached hydrogens (tertiary/aromatic N) is 7. The number of unbranched alkanes of at least 4 members (excludes halogenated alkanes) is 1. The molecule has 0 saturated carbocycles. The van der Waals surface area contributed by atoms with Gasteiger partial charge < -0.3 is 14.0 Å². The fourth-order valence-corrected chi connectivity index (χ4v) is 5.53. The zero-order valence-corrected chi connectivity index (χ0v) is 24.8. The Labute approximate surface area is 250 Å². The number of aromatic nitrogens is 8. The fourth-order valence-electron chi connectivity index (χ4n) is 5.53. The van der Waals surface area contributed by atoms with Crippen molar-refractivity contribution in [1.82, 2.24) is 40.1 Å². The van der Waals surface area contributed by atoms with Crippen LogP contribution in [0.5, 0.6) is 0 Å². The third kappa shape index (κ3) is 5.54. The van der Waals surface area contributed by atoms with Gasteiger partial charge in [0, 0.05) is 38.0 Å². The van der Waals surface area contributed by atoms with Crippen molar-refractivity contribution in [2.75, 3.05) is 14.2 Å². The lowest BCUT2D eigenvalue weighted by Crippen LogP contribution is -2.12. The van der Waals surface area contributed by atoms with E-state index in [1.54, 1.807) is 20.4 Å². The molecule has 1 N–H and O–H groups in total. The van der Waals surface area contributed by atoms with Gasteiger partial charge in [0.15, 0.2) is 5.65 Å². The highest BCUT2D eigenvalue weighted by Gasteiger charge is 2.26. The Hall–Kier alpha value is -4.80. The van der Waals surface area contributed by atoms with E-state index in [0.29, 0.717) is 18.1 Å². The molecule has 10 heteroatoms. The lowest BCUT2D eigenvalue weighted by Gasteiger charge is -2.19. The molecule has 6 aromatic rings. The van der Waals surface area contributed by atoms with Crippen molar-refractivity contribution in [2.24, 2.45) is 0 Å². The van der Waals surface area contributed by atoms with E-state index in [9.17, 15) is 0 Å². The molecular formula is C33H34N8O2. The smallest absolute Gasteiger partial charge is 0.205 e. The minimum absolute atomic E-state index is 0.567. The molecule has 0 amide bonds. The normalized spacial score (nSPS) is 11.6. The molecule has 10 nitrogen and oxygen atoms in total. The highest BCUT2D eigenvalue weighted by molar-refractivity contribution is 5.85. The van der Waals surface area contributed by atoms with E-state index in [1.165, 1.54) is 0 Å². The van der Waals surface area contributed by atoms with Gasteiger partial charge in [-0.2, -0.15) is 5.21 Å². The van der Waals surface area contributed by atoms with Crippen LogP contribution in [0.15, 0.2) is 72.9 Å². The lowest BCUT2D eigenvalue weighted by atomic mass is 9.98. The molecule has 0 fully saturated rings. The standard InChI is InChI=1S/C33H34N8O2/c1-5-6-14-27-35-29-21(2)28(26-13-9-10-19-34-26)30(33(42-3)43-4)36-32(29)41(27)20-22-15-17-23(18-16-22)24-11-7-8-12-25(24)31-37-39-40-38-31/h7-13,15-19,33H,5-6,14,20H2,1-4H3,(H,37,38,39,40). The molecule has 0 aliphatic rings. The number of aryl methyl sites for hydroxylation is 2. The van der Waals surface area contributed by atoms with E-state index in [4.69, 9.17) is 19.4 Å². The Morgan fingerprint density at radius 2 is 1.67 bits per heavy atom. The Balaban J connectivity index is 1.44. The van der Waals surface area contributed by atoms with Crippen LogP contribution in [0, 0.1) is 6.92 Å². The summed E-state index contributed by atoms with van der Waals surface area (Å²) in [6.07, 6.45) is 4.10. The number of hydrogen-bond acceptors (Lipinski definition) is 8. The number of ether oxygens (including phenoxy) is 2. The van der Waals surface area contributed by atoms with E-state index < -0.39 is 6.29 Å². The van der Waals surface area contributed by atoms with Gasteiger partial charge in [0.2, 0.25) is 12.1 Å². The third-order valence-electron chi connectivity index (χ3n) is 7.68. The number of imidazole rings is 1.